The normalized spacial score (nSPS) is 18.6. The first-order valence-electron chi connectivity index (χ1n) is 7.33. The van der Waals surface area contributed by atoms with Gasteiger partial charge in [0.05, 0.1) is 7.11 Å². The van der Waals surface area contributed by atoms with Gasteiger partial charge in [0.1, 0.15) is 5.75 Å². The molecule has 1 aromatic carbocycles. The average Bonchev–Trinajstić information content (AvgIpc) is 2.97. The van der Waals surface area contributed by atoms with Crippen molar-refractivity contribution in [3.8, 4) is 5.75 Å². The van der Waals surface area contributed by atoms with Gasteiger partial charge < -0.3 is 15.0 Å². The molecule has 1 heterocycles. The molecule has 1 aliphatic rings. The molecule has 1 unspecified atom stereocenters. The van der Waals surface area contributed by atoms with Gasteiger partial charge >= 0.3 is 0 Å². The second-order valence-corrected chi connectivity index (χ2v) is 5.42. The summed E-state index contributed by atoms with van der Waals surface area (Å²) in [5, 5.41) is 3.43. The van der Waals surface area contributed by atoms with E-state index in [4.69, 9.17) is 4.74 Å². The van der Waals surface area contributed by atoms with Crippen molar-refractivity contribution < 1.29 is 4.74 Å². The molecule has 3 nitrogen and oxygen atoms in total. The lowest BCUT2D eigenvalue weighted by molar-refractivity contribution is 0.410. The largest absolute Gasteiger partial charge is 0.496 e. The van der Waals surface area contributed by atoms with Crippen LogP contribution in [0.25, 0.3) is 0 Å². The molecule has 19 heavy (non-hydrogen) atoms. The molecule has 1 atom stereocenters. The summed E-state index contributed by atoms with van der Waals surface area (Å²) < 4.78 is 5.39. The van der Waals surface area contributed by atoms with Crippen molar-refractivity contribution in [2.75, 3.05) is 38.7 Å². The molecule has 1 fully saturated rings. The Hall–Kier alpha value is -1.22. The highest BCUT2D eigenvalue weighted by Gasteiger charge is 2.15. The molecule has 0 radical (unpaired) electrons. The summed E-state index contributed by atoms with van der Waals surface area (Å²) in [5.74, 6) is 1.85. The third kappa shape index (κ3) is 3.63. The van der Waals surface area contributed by atoms with Gasteiger partial charge in [-0.15, -0.1) is 0 Å². The van der Waals surface area contributed by atoms with Crippen LogP contribution in [0.1, 0.15) is 25.3 Å². The first-order chi connectivity index (χ1) is 9.24. The van der Waals surface area contributed by atoms with Crippen molar-refractivity contribution >= 4 is 5.69 Å². The molecule has 0 bridgehead atoms. The lowest BCUT2D eigenvalue weighted by atomic mass is 10.0. The highest BCUT2D eigenvalue weighted by Crippen LogP contribution is 2.25. The van der Waals surface area contributed by atoms with E-state index in [1.165, 1.54) is 37.2 Å². The van der Waals surface area contributed by atoms with Crippen molar-refractivity contribution in [2.24, 2.45) is 5.92 Å². The van der Waals surface area contributed by atoms with Crippen molar-refractivity contribution in [1.82, 2.24) is 5.32 Å². The smallest absolute Gasteiger partial charge is 0.122 e. The summed E-state index contributed by atoms with van der Waals surface area (Å²) in [5.41, 5.74) is 2.58. The maximum absolute atomic E-state index is 5.39. The quantitative estimate of drug-likeness (QED) is 0.853. The molecule has 0 saturated carbocycles. The number of anilines is 1. The fourth-order valence-electron chi connectivity index (χ4n) is 2.74. The number of hydrogen-bond acceptors (Lipinski definition) is 3. The minimum absolute atomic E-state index is 0.853. The number of aryl methyl sites for hydroxylation is 1. The van der Waals surface area contributed by atoms with Gasteiger partial charge in [0.15, 0.2) is 0 Å². The van der Waals surface area contributed by atoms with Crippen LogP contribution < -0.4 is 15.0 Å². The van der Waals surface area contributed by atoms with E-state index in [0.717, 1.165) is 24.6 Å². The highest BCUT2D eigenvalue weighted by atomic mass is 16.5. The van der Waals surface area contributed by atoms with Gasteiger partial charge in [-0.25, -0.2) is 0 Å². The van der Waals surface area contributed by atoms with Gasteiger partial charge in [0.2, 0.25) is 0 Å². The lowest BCUT2D eigenvalue weighted by Gasteiger charge is -2.22. The Morgan fingerprint density at radius 2 is 2.26 bits per heavy atom. The lowest BCUT2D eigenvalue weighted by Crippen LogP contribution is -2.22. The Morgan fingerprint density at radius 3 is 2.89 bits per heavy atom. The van der Waals surface area contributed by atoms with E-state index in [-0.39, 0.29) is 0 Å². The van der Waals surface area contributed by atoms with Crippen molar-refractivity contribution in [1.29, 1.82) is 0 Å². The van der Waals surface area contributed by atoms with Crippen molar-refractivity contribution in [3.05, 3.63) is 23.8 Å². The zero-order chi connectivity index (χ0) is 13.7. The Kier molecular flexibility index (Phi) is 5.08. The van der Waals surface area contributed by atoms with Crippen LogP contribution in [0.2, 0.25) is 0 Å². The molecular formula is C16H26N2O. The maximum Gasteiger partial charge on any atom is 0.122 e. The second kappa shape index (κ2) is 6.80. The van der Waals surface area contributed by atoms with Crippen LogP contribution in [0, 0.1) is 5.92 Å². The van der Waals surface area contributed by atoms with Crippen LogP contribution in [-0.2, 0) is 6.42 Å². The van der Waals surface area contributed by atoms with Crippen LogP contribution in [0.3, 0.4) is 0 Å². The predicted octanol–water partition coefficient (Wildman–Crippen LogP) is 2.69. The van der Waals surface area contributed by atoms with Crippen molar-refractivity contribution in [3.63, 3.8) is 0 Å². The summed E-state index contributed by atoms with van der Waals surface area (Å²) in [4.78, 5) is 2.36. The molecule has 1 aliphatic heterocycles. The Labute approximate surface area is 116 Å². The van der Waals surface area contributed by atoms with Gasteiger partial charge in [-0.3, -0.25) is 0 Å². The fraction of sp³-hybridized carbons (Fsp3) is 0.625. The van der Waals surface area contributed by atoms with Crippen LogP contribution in [0.15, 0.2) is 18.2 Å². The van der Waals surface area contributed by atoms with E-state index in [1.807, 2.05) is 0 Å². The number of benzene rings is 1. The molecular weight excluding hydrogens is 236 g/mol. The van der Waals surface area contributed by atoms with Crippen molar-refractivity contribution in [2.45, 2.75) is 26.2 Å². The summed E-state index contributed by atoms with van der Waals surface area (Å²) >= 11 is 0. The third-order valence-corrected chi connectivity index (χ3v) is 4.12. The molecule has 1 N–H and O–H groups in total. The van der Waals surface area contributed by atoms with E-state index >= 15 is 0 Å². The van der Waals surface area contributed by atoms with Gasteiger partial charge in [0, 0.05) is 19.3 Å². The standard InChI is InChI=1S/C16H26N2O/c1-4-14-11-15(5-6-16(14)19-3)18(2)10-8-13-7-9-17-12-13/h5-6,11,13,17H,4,7-10,12H2,1-3H3. The third-order valence-electron chi connectivity index (χ3n) is 4.12. The molecule has 0 aromatic heterocycles. The number of methoxy groups -OCH3 is 1. The molecule has 0 spiro atoms. The van der Waals surface area contributed by atoms with Gasteiger partial charge in [-0.2, -0.15) is 0 Å². The van der Waals surface area contributed by atoms with E-state index in [0.29, 0.717) is 0 Å². The number of nitrogens with one attached hydrogen (secondary N) is 1. The van der Waals surface area contributed by atoms with E-state index in [2.05, 4.69) is 42.4 Å². The zero-order valence-corrected chi connectivity index (χ0v) is 12.4. The maximum atomic E-state index is 5.39. The SMILES string of the molecule is CCc1cc(N(C)CCC2CCNC2)ccc1OC. The fourth-order valence-corrected chi connectivity index (χ4v) is 2.74. The summed E-state index contributed by atoms with van der Waals surface area (Å²) in [6.07, 6.45) is 3.62. The Morgan fingerprint density at radius 1 is 1.42 bits per heavy atom. The van der Waals surface area contributed by atoms with E-state index in [9.17, 15) is 0 Å². The molecule has 1 aromatic rings. The number of nitrogens with zero attached hydrogens (tertiary/aromatic N) is 1. The minimum atomic E-state index is 0.853. The second-order valence-electron chi connectivity index (χ2n) is 5.42. The molecule has 2 rings (SSSR count). The molecule has 0 aliphatic carbocycles. The van der Waals surface area contributed by atoms with Crippen LogP contribution in [0.4, 0.5) is 5.69 Å². The summed E-state index contributed by atoms with van der Waals surface area (Å²) in [7, 11) is 3.93. The van der Waals surface area contributed by atoms with Gasteiger partial charge in [-0.05, 0) is 62.0 Å². The topological polar surface area (TPSA) is 24.5 Å². The zero-order valence-electron chi connectivity index (χ0n) is 12.4. The van der Waals surface area contributed by atoms with E-state index < -0.39 is 0 Å². The first kappa shape index (κ1) is 14.2. The van der Waals surface area contributed by atoms with Crippen LogP contribution in [-0.4, -0.2) is 33.8 Å². The molecule has 3 heteroatoms. The van der Waals surface area contributed by atoms with E-state index in [1.54, 1.807) is 7.11 Å². The highest BCUT2D eigenvalue weighted by molar-refractivity contribution is 5.52. The van der Waals surface area contributed by atoms with Crippen LogP contribution in [0.5, 0.6) is 5.75 Å². The Bertz CT molecular complexity index is 400. The average molecular weight is 262 g/mol. The van der Waals surface area contributed by atoms with Crippen LogP contribution >= 0.6 is 0 Å². The van der Waals surface area contributed by atoms with Gasteiger partial charge in [0.25, 0.3) is 0 Å². The Balaban J connectivity index is 1.95. The summed E-state index contributed by atoms with van der Waals surface area (Å²) in [6, 6.07) is 6.50. The molecule has 106 valence electrons. The van der Waals surface area contributed by atoms with Gasteiger partial charge in [-0.1, -0.05) is 6.92 Å². The minimum Gasteiger partial charge on any atom is -0.496 e. The monoisotopic (exact) mass is 262 g/mol. The summed E-state index contributed by atoms with van der Waals surface area (Å²) in [6.45, 7) is 5.68. The number of hydrogen-bond donors (Lipinski definition) is 1. The first-order valence-corrected chi connectivity index (χ1v) is 7.33. The molecule has 0 amide bonds. The number of rotatable bonds is 6. The number of ether oxygens (including phenoxy) is 1. The predicted molar refractivity (Wildman–Crippen MR) is 81.2 cm³/mol. The molecule has 1 saturated heterocycles.